The lowest BCUT2D eigenvalue weighted by atomic mass is 10.1. The summed E-state index contributed by atoms with van der Waals surface area (Å²) in [6.07, 6.45) is 3.54. The lowest BCUT2D eigenvalue weighted by Crippen LogP contribution is -2.47. The minimum absolute atomic E-state index is 0.234. The molecule has 166 valence electrons. The van der Waals surface area contributed by atoms with Crippen molar-refractivity contribution >= 4 is 45.9 Å². The second kappa shape index (κ2) is 9.03. The number of benzene rings is 2. The standard InChI is InChI=1S/C25H23ClN6O/c1-17-15-23(31-11-13-32(14-12-31)25-27-9-4-10-28-25)30-22-8-7-18(16-20(17)22)29-24(33)19-5-2-3-6-21(19)26/h2-10,15-16H,11-14H2,1H3,(H,29,33). The van der Waals surface area contributed by atoms with E-state index in [0.29, 0.717) is 16.3 Å². The molecule has 1 aliphatic heterocycles. The molecule has 7 nitrogen and oxygen atoms in total. The number of hydrogen-bond acceptors (Lipinski definition) is 6. The number of pyridine rings is 1. The first kappa shape index (κ1) is 21.2. The summed E-state index contributed by atoms with van der Waals surface area (Å²) in [7, 11) is 0. The number of aryl methyl sites for hydroxylation is 1. The van der Waals surface area contributed by atoms with Crippen molar-refractivity contribution in [2.24, 2.45) is 0 Å². The third-order valence-electron chi connectivity index (χ3n) is 5.82. The molecule has 1 amide bonds. The fourth-order valence-corrected chi connectivity index (χ4v) is 4.27. The molecule has 3 heterocycles. The first-order chi connectivity index (χ1) is 16.1. The molecule has 33 heavy (non-hydrogen) atoms. The van der Waals surface area contributed by atoms with Gasteiger partial charge in [-0.1, -0.05) is 23.7 Å². The number of rotatable bonds is 4. The van der Waals surface area contributed by atoms with Crippen molar-refractivity contribution in [2.75, 3.05) is 41.3 Å². The molecule has 0 bridgehead atoms. The van der Waals surface area contributed by atoms with Crippen molar-refractivity contribution in [1.29, 1.82) is 0 Å². The number of aromatic nitrogens is 3. The van der Waals surface area contributed by atoms with Gasteiger partial charge in [0.25, 0.3) is 5.91 Å². The lowest BCUT2D eigenvalue weighted by Gasteiger charge is -2.35. The van der Waals surface area contributed by atoms with Crippen LogP contribution in [0.25, 0.3) is 10.9 Å². The second-order valence-electron chi connectivity index (χ2n) is 7.99. The molecule has 1 saturated heterocycles. The zero-order valence-electron chi connectivity index (χ0n) is 18.2. The molecule has 4 aromatic rings. The number of amides is 1. The Kier molecular flexibility index (Phi) is 5.79. The van der Waals surface area contributed by atoms with Gasteiger partial charge in [0.1, 0.15) is 5.82 Å². The minimum atomic E-state index is -0.234. The minimum Gasteiger partial charge on any atom is -0.353 e. The summed E-state index contributed by atoms with van der Waals surface area (Å²) >= 11 is 6.16. The molecule has 0 spiro atoms. The molecular weight excluding hydrogens is 436 g/mol. The maximum atomic E-state index is 12.6. The average molecular weight is 459 g/mol. The number of carbonyl (C=O) groups excluding carboxylic acids is 1. The van der Waals surface area contributed by atoms with Crippen LogP contribution in [0, 0.1) is 6.92 Å². The van der Waals surface area contributed by atoms with Crippen molar-refractivity contribution in [2.45, 2.75) is 6.92 Å². The summed E-state index contributed by atoms with van der Waals surface area (Å²) in [5.41, 5.74) is 3.17. The molecule has 5 rings (SSSR count). The molecule has 0 atom stereocenters. The quantitative estimate of drug-likeness (QED) is 0.483. The van der Waals surface area contributed by atoms with Crippen LogP contribution in [0.4, 0.5) is 17.5 Å². The summed E-state index contributed by atoms with van der Waals surface area (Å²) in [6, 6.07) is 16.7. The van der Waals surface area contributed by atoms with Crippen LogP contribution in [0.15, 0.2) is 67.0 Å². The first-order valence-corrected chi connectivity index (χ1v) is 11.2. The highest BCUT2D eigenvalue weighted by molar-refractivity contribution is 6.34. The van der Waals surface area contributed by atoms with Crippen molar-refractivity contribution in [3.05, 3.63) is 83.1 Å². The van der Waals surface area contributed by atoms with Crippen LogP contribution in [0.3, 0.4) is 0 Å². The van der Waals surface area contributed by atoms with Crippen LogP contribution in [0.2, 0.25) is 5.02 Å². The third-order valence-corrected chi connectivity index (χ3v) is 6.15. The number of piperazine rings is 1. The summed E-state index contributed by atoms with van der Waals surface area (Å²) in [5.74, 6) is 1.50. The van der Waals surface area contributed by atoms with E-state index in [-0.39, 0.29) is 5.91 Å². The number of carbonyl (C=O) groups is 1. The number of fused-ring (bicyclic) bond motifs is 1. The van der Waals surface area contributed by atoms with Gasteiger partial charge >= 0.3 is 0 Å². The van der Waals surface area contributed by atoms with Crippen molar-refractivity contribution < 1.29 is 4.79 Å². The Hall–Kier alpha value is -3.71. The highest BCUT2D eigenvalue weighted by Gasteiger charge is 2.20. The van der Waals surface area contributed by atoms with Gasteiger partial charge in [-0.05, 0) is 55.0 Å². The molecule has 0 saturated carbocycles. The van der Waals surface area contributed by atoms with E-state index in [1.807, 2.05) is 24.3 Å². The maximum Gasteiger partial charge on any atom is 0.257 e. The largest absolute Gasteiger partial charge is 0.353 e. The normalized spacial score (nSPS) is 13.9. The zero-order chi connectivity index (χ0) is 22.8. The Bertz CT molecular complexity index is 1310. The number of nitrogens with zero attached hydrogens (tertiary/aromatic N) is 5. The molecule has 1 fully saturated rings. The van der Waals surface area contributed by atoms with Gasteiger partial charge in [0.05, 0.1) is 16.1 Å². The van der Waals surface area contributed by atoms with Gasteiger partial charge in [-0.25, -0.2) is 15.0 Å². The highest BCUT2D eigenvalue weighted by atomic mass is 35.5. The number of halogens is 1. The SMILES string of the molecule is Cc1cc(N2CCN(c3ncccn3)CC2)nc2ccc(NC(=O)c3ccccc3Cl)cc12. The van der Waals surface area contributed by atoms with E-state index in [1.165, 1.54) is 0 Å². The van der Waals surface area contributed by atoms with Gasteiger partial charge in [-0.2, -0.15) is 0 Å². The Balaban J connectivity index is 1.32. The van der Waals surface area contributed by atoms with Gasteiger partial charge < -0.3 is 15.1 Å². The summed E-state index contributed by atoms with van der Waals surface area (Å²) < 4.78 is 0. The molecule has 0 unspecified atom stereocenters. The van der Waals surface area contributed by atoms with Crippen LogP contribution in [-0.4, -0.2) is 47.0 Å². The predicted octanol–water partition coefficient (Wildman–Crippen LogP) is 4.57. The maximum absolute atomic E-state index is 12.6. The van der Waals surface area contributed by atoms with E-state index in [1.54, 1.807) is 36.7 Å². The van der Waals surface area contributed by atoms with Crippen LogP contribution >= 0.6 is 11.6 Å². The Morgan fingerprint density at radius 1 is 0.939 bits per heavy atom. The first-order valence-electron chi connectivity index (χ1n) is 10.8. The fourth-order valence-electron chi connectivity index (χ4n) is 4.05. The van der Waals surface area contributed by atoms with Crippen molar-refractivity contribution in [3.63, 3.8) is 0 Å². The van der Waals surface area contributed by atoms with Gasteiger partial charge in [0.15, 0.2) is 0 Å². The van der Waals surface area contributed by atoms with Crippen LogP contribution < -0.4 is 15.1 Å². The van der Waals surface area contributed by atoms with Gasteiger partial charge in [0.2, 0.25) is 5.95 Å². The van der Waals surface area contributed by atoms with E-state index < -0.39 is 0 Å². The van der Waals surface area contributed by atoms with Crippen LogP contribution in [-0.2, 0) is 0 Å². The average Bonchev–Trinajstić information content (AvgIpc) is 2.85. The molecule has 0 aliphatic carbocycles. The van der Waals surface area contributed by atoms with Gasteiger partial charge in [-0.15, -0.1) is 0 Å². The van der Waals surface area contributed by atoms with Crippen molar-refractivity contribution in [1.82, 2.24) is 15.0 Å². The molecule has 2 aromatic heterocycles. The van der Waals surface area contributed by atoms with E-state index in [2.05, 4.69) is 38.1 Å². The third kappa shape index (κ3) is 4.45. The Morgan fingerprint density at radius 3 is 2.42 bits per heavy atom. The molecule has 8 heteroatoms. The lowest BCUT2D eigenvalue weighted by molar-refractivity contribution is 0.102. The number of anilines is 3. The molecule has 2 aromatic carbocycles. The molecule has 1 aliphatic rings. The predicted molar refractivity (Wildman–Crippen MR) is 132 cm³/mol. The molecule has 0 radical (unpaired) electrons. The van der Waals surface area contributed by atoms with Gasteiger partial charge in [0, 0.05) is 49.6 Å². The van der Waals surface area contributed by atoms with E-state index in [9.17, 15) is 4.79 Å². The monoisotopic (exact) mass is 458 g/mol. The van der Waals surface area contributed by atoms with Crippen LogP contribution in [0.5, 0.6) is 0 Å². The van der Waals surface area contributed by atoms with E-state index in [4.69, 9.17) is 16.6 Å². The van der Waals surface area contributed by atoms with Crippen molar-refractivity contribution in [3.8, 4) is 0 Å². The summed E-state index contributed by atoms with van der Waals surface area (Å²) in [6.45, 7) is 5.46. The van der Waals surface area contributed by atoms with Gasteiger partial charge in [-0.3, -0.25) is 4.79 Å². The highest BCUT2D eigenvalue weighted by Crippen LogP contribution is 2.27. The van der Waals surface area contributed by atoms with E-state index in [0.717, 1.165) is 54.4 Å². The Labute approximate surface area is 197 Å². The molecular formula is C25H23ClN6O. The van der Waals surface area contributed by atoms with E-state index >= 15 is 0 Å². The smallest absolute Gasteiger partial charge is 0.257 e. The van der Waals surface area contributed by atoms with Crippen LogP contribution in [0.1, 0.15) is 15.9 Å². The fraction of sp³-hybridized carbons (Fsp3) is 0.200. The summed E-state index contributed by atoms with van der Waals surface area (Å²) in [5, 5.41) is 4.37. The number of nitrogens with one attached hydrogen (secondary N) is 1. The summed E-state index contributed by atoms with van der Waals surface area (Å²) in [4.78, 5) is 30.7. The second-order valence-corrected chi connectivity index (χ2v) is 8.39. The molecule has 1 N–H and O–H groups in total. The zero-order valence-corrected chi connectivity index (χ0v) is 19.0. The topological polar surface area (TPSA) is 74.2 Å². The Morgan fingerprint density at radius 2 is 1.67 bits per heavy atom. The number of hydrogen-bond donors (Lipinski definition) is 1.